The predicted octanol–water partition coefficient (Wildman–Crippen LogP) is 2.40. The summed E-state index contributed by atoms with van der Waals surface area (Å²) in [6.45, 7) is 2.02. The van der Waals surface area contributed by atoms with Gasteiger partial charge >= 0.3 is 0 Å². The normalized spacial score (nSPS) is 10.7. The Bertz CT molecular complexity index is 572. The Morgan fingerprint density at radius 1 is 1.28 bits per heavy atom. The van der Waals surface area contributed by atoms with E-state index in [2.05, 4.69) is 10.5 Å². The first-order valence-electron chi connectivity index (χ1n) is 5.40. The van der Waals surface area contributed by atoms with E-state index in [0.29, 0.717) is 11.3 Å². The molecule has 1 amide bonds. The molecule has 5 heteroatoms. The molecule has 0 aliphatic rings. The van der Waals surface area contributed by atoms with Gasteiger partial charge in [0, 0.05) is 21.0 Å². The summed E-state index contributed by atoms with van der Waals surface area (Å²) in [4.78, 5) is 13.9. The molecule has 1 heterocycles. The number of carbonyl (C=O) groups is 1. The Balaban J connectivity index is 1.96. The van der Waals surface area contributed by atoms with Gasteiger partial charge in [-0.1, -0.05) is 0 Å². The Morgan fingerprint density at radius 2 is 2.00 bits per heavy atom. The van der Waals surface area contributed by atoms with Crippen LogP contribution >= 0.6 is 11.3 Å². The highest BCUT2D eigenvalue weighted by Gasteiger charge is 2.02. The monoisotopic (exact) mass is 259 g/mol. The van der Waals surface area contributed by atoms with Crippen LogP contribution in [0.5, 0.6) is 0 Å². The van der Waals surface area contributed by atoms with Crippen LogP contribution in [0.3, 0.4) is 0 Å². The molecule has 0 atom stereocenters. The average Bonchev–Trinajstić information content (AvgIpc) is 2.76. The Kier molecular flexibility index (Phi) is 3.74. The third-order valence-electron chi connectivity index (χ3n) is 2.29. The third-order valence-corrected chi connectivity index (χ3v) is 3.23. The smallest absolute Gasteiger partial charge is 0.271 e. The summed E-state index contributed by atoms with van der Waals surface area (Å²) in [6, 6.07) is 10.7. The fourth-order valence-electron chi connectivity index (χ4n) is 1.38. The Morgan fingerprint density at radius 3 is 2.61 bits per heavy atom. The zero-order valence-electron chi connectivity index (χ0n) is 9.88. The molecule has 1 aromatic heterocycles. The summed E-state index contributed by atoms with van der Waals surface area (Å²) in [7, 11) is 0. The van der Waals surface area contributed by atoms with Crippen molar-refractivity contribution < 1.29 is 4.79 Å². The fraction of sp³-hybridized carbons (Fsp3) is 0.0769. The lowest BCUT2D eigenvalue weighted by Gasteiger charge is -1.99. The summed E-state index contributed by atoms with van der Waals surface area (Å²) >= 11 is 1.62. The molecule has 0 fully saturated rings. The van der Waals surface area contributed by atoms with Gasteiger partial charge in [0.05, 0.1) is 6.21 Å². The second-order valence-electron chi connectivity index (χ2n) is 3.77. The van der Waals surface area contributed by atoms with Crippen LogP contribution in [0.15, 0.2) is 41.5 Å². The number of nitrogens with two attached hydrogens (primary N) is 1. The number of hydrogen-bond donors (Lipinski definition) is 2. The number of nitrogen functional groups attached to an aromatic ring is 1. The first kappa shape index (κ1) is 12.3. The van der Waals surface area contributed by atoms with Crippen LogP contribution in [-0.2, 0) is 0 Å². The molecule has 0 saturated heterocycles. The van der Waals surface area contributed by atoms with Crippen molar-refractivity contribution in [1.29, 1.82) is 0 Å². The van der Waals surface area contributed by atoms with E-state index in [4.69, 9.17) is 5.73 Å². The molecule has 2 aromatic rings. The number of hydrogen-bond acceptors (Lipinski definition) is 4. The predicted molar refractivity (Wildman–Crippen MR) is 75.0 cm³/mol. The highest BCUT2D eigenvalue weighted by atomic mass is 32.1. The van der Waals surface area contributed by atoms with Crippen molar-refractivity contribution in [2.75, 3.05) is 5.73 Å². The molecule has 0 bridgehead atoms. The second kappa shape index (κ2) is 5.46. The molecule has 18 heavy (non-hydrogen) atoms. The molecular formula is C13H13N3OS. The van der Waals surface area contributed by atoms with Crippen LogP contribution in [0.25, 0.3) is 0 Å². The first-order valence-corrected chi connectivity index (χ1v) is 6.22. The molecule has 4 nitrogen and oxygen atoms in total. The van der Waals surface area contributed by atoms with Crippen molar-refractivity contribution in [2.45, 2.75) is 6.92 Å². The SMILES string of the molecule is Cc1ccc(C=NNC(=O)c2ccc(N)cc2)s1. The Labute approximate surface area is 109 Å². The van der Waals surface area contributed by atoms with Crippen LogP contribution in [0.4, 0.5) is 5.69 Å². The molecule has 0 radical (unpaired) electrons. The van der Waals surface area contributed by atoms with E-state index in [0.717, 1.165) is 4.88 Å². The van der Waals surface area contributed by atoms with E-state index in [1.165, 1.54) is 4.88 Å². The summed E-state index contributed by atoms with van der Waals surface area (Å²) in [6.07, 6.45) is 1.63. The van der Waals surface area contributed by atoms with E-state index < -0.39 is 0 Å². The molecule has 0 spiro atoms. The van der Waals surface area contributed by atoms with Crippen molar-refractivity contribution in [3.63, 3.8) is 0 Å². The van der Waals surface area contributed by atoms with Gasteiger partial charge in [0.1, 0.15) is 0 Å². The molecule has 0 saturated carbocycles. The number of amides is 1. The van der Waals surface area contributed by atoms with Gasteiger partial charge in [-0.05, 0) is 43.3 Å². The van der Waals surface area contributed by atoms with Crippen molar-refractivity contribution in [3.8, 4) is 0 Å². The minimum Gasteiger partial charge on any atom is -0.399 e. The van der Waals surface area contributed by atoms with Gasteiger partial charge in [-0.3, -0.25) is 4.79 Å². The van der Waals surface area contributed by atoms with E-state index in [1.807, 2.05) is 19.1 Å². The average molecular weight is 259 g/mol. The standard InChI is InChI=1S/C13H13N3OS/c1-9-2-7-12(18-9)8-15-16-13(17)10-3-5-11(14)6-4-10/h2-8H,14H2,1H3,(H,16,17). The van der Waals surface area contributed by atoms with Crippen molar-refractivity contribution in [2.24, 2.45) is 5.10 Å². The van der Waals surface area contributed by atoms with Crippen LogP contribution < -0.4 is 11.2 Å². The molecule has 0 unspecified atom stereocenters. The number of thiophene rings is 1. The molecule has 2 rings (SSSR count). The van der Waals surface area contributed by atoms with Gasteiger partial charge in [0.25, 0.3) is 5.91 Å². The van der Waals surface area contributed by atoms with Crippen LogP contribution in [0.2, 0.25) is 0 Å². The zero-order valence-corrected chi connectivity index (χ0v) is 10.7. The largest absolute Gasteiger partial charge is 0.399 e. The summed E-state index contributed by atoms with van der Waals surface area (Å²) in [5, 5.41) is 3.91. The van der Waals surface area contributed by atoms with Crippen LogP contribution in [0, 0.1) is 6.92 Å². The first-order chi connectivity index (χ1) is 8.65. The van der Waals surface area contributed by atoms with Crippen LogP contribution in [0.1, 0.15) is 20.1 Å². The molecule has 0 aliphatic carbocycles. The lowest BCUT2D eigenvalue weighted by Crippen LogP contribution is -2.17. The zero-order chi connectivity index (χ0) is 13.0. The minimum absolute atomic E-state index is 0.250. The number of hydrazone groups is 1. The number of rotatable bonds is 3. The van der Waals surface area contributed by atoms with E-state index in [1.54, 1.807) is 41.8 Å². The quantitative estimate of drug-likeness (QED) is 0.505. The number of benzene rings is 1. The van der Waals surface area contributed by atoms with Gasteiger partial charge in [-0.2, -0.15) is 5.10 Å². The highest BCUT2D eigenvalue weighted by Crippen LogP contribution is 2.12. The highest BCUT2D eigenvalue weighted by molar-refractivity contribution is 7.13. The molecule has 3 N–H and O–H groups in total. The molecule has 92 valence electrons. The van der Waals surface area contributed by atoms with Gasteiger partial charge < -0.3 is 5.73 Å². The minimum atomic E-state index is -0.250. The van der Waals surface area contributed by atoms with Gasteiger partial charge in [0.2, 0.25) is 0 Å². The lowest BCUT2D eigenvalue weighted by atomic mass is 10.2. The maximum Gasteiger partial charge on any atom is 0.271 e. The molecule has 1 aromatic carbocycles. The second-order valence-corrected chi connectivity index (χ2v) is 5.09. The maximum absolute atomic E-state index is 11.7. The van der Waals surface area contributed by atoms with Crippen molar-refractivity contribution >= 4 is 29.1 Å². The number of anilines is 1. The summed E-state index contributed by atoms with van der Waals surface area (Å²) in [5.41, 5.74) is 9.18. The fourth-order valence-corrected chi connectivity index (χ4v) is 2.13. The number of nitrogens with zero attached hydrogens (tertiary/aromatic N) is 1. The van der Waals surface area contributed by atoms with E-state index >= 15 is 0 Å². The van der Waals surface area contributed by atoms with Gasteiger partial charge in [0.15, 0.2) is 0 Å². The number of nitrogens with one attached hydrogen (secondary N) is 1. The van der Waals surface area contributed by atoms with Gasteiger partial charge in [-0.25, -0.2) is 5.43 Å². The maximum atomic E-state index is 11.7. The van der Waals surface area contributed by atoms with E-state index in [-0.39, 0.29) is 5.91 Å². The molecular weight excluding hydrogens is 246 g/mol. The summed E-state index contributed by atoms with van der Waals surface area (Å²) in [5.74, 6) is -0.250. The van der Waals surface area contributed by atoms with Crippen LogP contribution in [-0.4, -0.2) is 12.1 Å². The summed E-state index contributed by atoms with van der Waals surface area (Å²) < 4.78 is 0. The Hall–Kier alpha value is -2.14. The number of aryl methyl sites for hydroxylation is 1. The topological polar surface area (TPSA) is 67.5 Å². The number of carbonyl (C=O) groups excluding carboxylic acids is 1. The van der Waals surface area contributed by atoms with Gasteiger partial charge in [-0.15, -0.1) is 11.3 Å². The molecule has 0 aliphatic heterocycles. The third kappa shape index (κ3) is 3.18. The van der Waals surface area contributed by atoms with E-state index in [9.17, 15) is 4.79 Å². The van der Waals surface area contributed by atoms with Crippen molar-refractivity contribution in [1.82, 2.24) is 5.43 Å². The van der Waals surface area contributed by atoms with Crippen molar-refractivity contribution in [3.05, 3.63) is 51.7 Å². The lowest BCUT2D eigenvalue weighted by molar-refractivity contribution is 0.0955.